The van der Waals surface area contributed by atoms with E-state index in [1.807, 2.05) is 11.5 Å². The highest BCUT2D eigenvalue weighted by molar-refractivity contribution is 5.75. The number of nitrogens with one attached hydrogen (secondary N) is 1. The Balaban J connectivity index is 1.58. The van der Waals surface area contributed by atoms with Crippen LogP contribution in [0.4, 0.5) is 5.95 Å². The number of aromatic nitrogens is 4. The minimum Gasteiger partial charge on any atom is -0.466 e. The molecule has 208 valence electrons. The molecule has 4 heterocycles. The summed E-state index contributed by atoms with van der Waals surface area (Å²) < 4.78 is 9.89. The van der Waals surface area contributed by atoms with Gasteiger partial charge >= 0.3 is 11.7 Å². The van der Waals surface area contributed by atoms with Crippen molar-refractivity contribution in [1.29, 1.82) is 0 Å². The number of carbonyl (C=O) groups excluding carboxylic acids is 1. The number of anilines is 1. The summed E-state index contributed by atoms with van der Waals surface area (Å²) in [5.41, 5.74) is 0.146. The van der Waals surface area contributed by atoms with Gasteiger partial charge in [-0.2, -0.15) is 4.98 Å². The van der Waals surface area contributed by atoms with Crippen LogP contribution < -0.4 is 21.5 Å². The summed E-state index contributed by atoms with van der Waals surface area (Å²) in [5, 5.41) is 3.40. The van der Waals surface area contributed by atoms with E-state index in [0.717, 1.165) is 58.5 Å². The first-order valence-corrected chi connectivity index (χ1v) is 13.8. The van der Waals surface area contributed by atoms with E-state index in [0.29, 0.717) is 43.2 Å². The van der Waals surface area contributed by atoms with E-state index in [2.05, 4.69) is 33.9 Å². The zero-order valence-corrected chi connectivity index (χ0v) is 23.2. The highest BCUT2D eigenvalue weighted by Gasteiger charge is 2.29. The highest BCUT2D eigenvalue weighted by Crippen LogP contribution is 2.22. The summed E-state index contributed by atoms with van der Waals surface area (Å²) in [5.74, 6) is 6.55. The Morgan fingerprint density at radius 3 is 2.63 bits per heavy atom. The monoisotopic (exact) mass is 527 g/mol. The third kappa shape index (κ3) is 5.81. The molecule has 2 saturated heterocycles. The molecule has 11 nitrogen and oxygen atoms in total. The fourth-order valence-electron chi connectivity index (χ4n) is 5.49. The van der Waals surface area contributed by atoms with Crippen molar-refractivity contribution in [3.8, 4) is 11.8 Å². The van der Waals surface area contributed by atoms with Crippen molar-refractivity contribution in [2.24, 2.45) is 13.0 Å². The van der Waals surface area contributed by atoms with Crippen molar-refractivity contribution in [3.05, 3.63) is 20.8 Å². The lowest BCUT2D eigenvalue weighted by atomic mass is 9.95. The molecule has 2 aromatic rings. The molecule has 1 N–H and O–H groups in total. The first kappa shape index (κ1) is 27.9. The number of hydrogen-bond acceptors (Lipinski definition) is 8. The maximum absolute atomic E-state index is 13.8. The van der Waals surface area contributed by atoms with Gasteiger partial charge in [0.25, 0.3) is 5.56 Å². The smallest absolute Gasteiger partial charge is 0.332 e. The van der Waals surface area contributed by atoms with Crippen LogP contribution in [0.5, 0.6) is 0 Å². The number of nitrogens with zero attached hydrogens (tertiary/aromatic N) is 6. The quantitative estimate of drug-likeness (QED) is 0.397. The number of carbonyl (C=O) groups is 1. The minimum atomic E-state index is -0.356. The maximum Gasteiger partial charge on any atom is 0.332 e. The Hall–Kier alpha value is -3.10. The number of piperidine rings is 1. The fourth-order valence-corrected chi connectivity index (χ4v) is 5.49. The van der Waals surface area contributed by atoms with Crippen LogP contribution in [0.2, 0.25) is 0 Å². The molecular formula is C27H41N7O4. The van der Waals surface area contributed by atoms with Gasteiger partial charge in [0.15, 0.2) is 11.2 Å². The molecule has 2 aliphatic heterocycles. The van der Waals surface area contributed by atoms with Crippen molar-refractivity contribution in [2.45, 2.75) is 65.6 Å². The summed E-state index contributed by atoms with van der Waals surface area (Å²) in [6, 6.07) is 0.168. The normalized spacial score (nSPS) is 18.2. The summed E-state index contributed by atoms with van der Waals surface area (Å²) in [7, 11) is 1.68. The van der Waals surface area contributed by atoms with Gasteiger partial charge in [-0.05, 0) is 66.1 Å². The number of likely N-dealkylation sites (tertiary alicyclic amines) is 1. The molecule has 11 heteroatoms. The first-order chi connectivity index (χ1) is 18.4. The lowest BCUT2D eigenvalue weighted by Crippen LogP contribution is -2.44. The Morgan fingerprint density at radius 2 is 1.92 bits per heavy atom. The molecule has 4 rings (SSSR count). The Morgan fingerprint density at radius 1 is 1.16 bits per heavy atom. The molecule has 0 aromatic carbocycles. The van der Waals surface area contributed by atoms with Crippen LogP contribution in [0.25, 0.3) is 11.2 Å². The average molecular weight is 528 g/mol. The Labute approximate surface area is 223 Å². The number of aryl methyl sites for hydroxylation is 1. The van der Waals surface area contributed by atoms with E-state index in [1.165, 1.54) is 9.13 Å². The van der Waals surface area contributed by atoms with Crippen LogP contribution in [0, 0.1) is 17.8 Å². The second-order valence-electron chi connectivity index (χ2n) is 10.2. The Bertz CT molecular complexity index is 1300. The summed E-state index contributed by atoms with van der Waals surface area (Å²) in [4.78, 5) is 48.4. The van der Waals surface area contributed by atoms with Gasteiger partial charge in [0.1, 0.15) is 0 Å². The second kappa shape index (κ2) is 12.6. The van der Waals surface area contributed by atoms with Crippen molar-refractivity contribution in [3.63, 3.8) is 0 Å². The summed E-state index contributed by atoms with van der Waals surface area (Å²) in [6.45, 7) is 11.7. The number of esters is 1. The van der Waals surface area contributed by atoms with Crippen molar-refractivity contribution in [1.82, 2.24) is 28.9 Å². The van der Waals surface area contributed by atoms with Crippen LogP contribution in [0.1, 0.15) is 46.5 Å². The Kier molecular flexibility index (Phi) is 9.28. The summed E-state index contributed by atoms with van der Waals surface area (Å²) >= 11 is 0. The molecule has 2 aromatic heterocycles. The van der Waals surface area contributed by atoms with Crippen LogP contribution in [0.3, 0.4) is 0 Å². The van der Waals surface area contributed by atoms with Crippen molar-refractivity contribution >= 4 is 23.1 Å². The predicted molar refractivity (Wildman–Crippen MR) is 147 cm³/mol. The van der Waals surface area contributed by atoms with E-state index in [1.54, 1.807) is 14.0 Å². The SMILES string of the molecule is CC#CCn1c(N2CCCNCC2)nc2c1c(=O)n(CCC(C)N1CCC(C(=O)OCC)CC1)c(=O)n2C. The van der Waals surface area contributed by atoms with Gasteiger partial charge in [0.2, 0.25) is 5.95 Å². The van der Waals surface area contributed by atoms with Gasteiger partial charge < -0.3 is 19.9 Å². The van der Waals surface area contributed by atoms with E-state index >= 15 is 0 Å². The molecule has 2 fully saturated rings. The number of ether oxygens (including phenoxy) is 1. The molecule has 1 unspecified atom stereocenters. The van der Waals surface area contributed by atoms with Gasteiger partial charge in [-0.3, -0.25) is 23.3 Å². The number of imidazole rings is 1. The van der Waals surface area contributed by atoms with Crippen LogP contribution in [-0.2, 0) is 29.7 Å². The van der Waals surface area contributed by atoms with Crippen LogP contribution >= 0.6 is 0 Å². The van der Waals surface area contributed by atoms with E-state index < -0.39 is 0 Å². The van der Waals surface area contributed by atoms with E-state index in [9.17, 15) is 14.4 Å². The molecule has 0 bridgehead atoms. The minimum absolute atomic E-state index is 0.0450. The highest BCUT2D eigenvalue weighted by atomic mass is 16.5. The molecule has 0 radical (unpaired) electrons. The maximum atomic E-state index is 13.8. The largest absolute Gasteiger partial charge is 0.466 e. The van der Waals surface area contributed by atoms with Crippen molar-refractivity contribution < 1.29 is 9.53 Å². The van der Waals surface area contributed by atoms with E-state index in [-0.39, 0.29) is 29.2 Å². The van der Waals surface area contributed by atoms with Gasteiger partial charge in [-0.1, -0.05) is 5.92 Å². The molecule has 1 atom stereocenters. The summed E-state index contributed by atoms with van der Waals surface area (Å²) in [6.07, 6.45) is 3.16. The molecular weight excluding hydrogens is 486 g/mol. The van der Waals surface area contributed by atoms with Gasteiger partial charge in [0, 0.05) is 39.3 Å². The number of hydrogen-bond donors (Lipinski definition) is 1. The number of fused-ring (bicyclic) bond motifs is 1. The van der Waals surface area contributed by atoms with E-state index in [4.69, 9.17) is 9.72 Å². The average Bonchev–Trinajstić information content (AvgIpc) is 3.09. The lowest BCUT2D eigenvalue weighted by Gasteiger charge is -2.35. The molecule has 38 heavy (non-hydrogen) atoms. The zero-order valence-electron chi connectivity index (χ0n) is 23.2. The topological polar surface area (TPSA) is 107 Å². The van der Waals surface area contributed by atoms with Crippen molar-refractivity contribution in [2.75, 3.05) is 50.8 Å². The second-order valence-corrected chi connectivity index (χ2v) is 10.2. The van der Waals surface area contributed by atoms with Gasteiger partial charge in [-0.15, -0.1) is 5.92 Å². The number of rotatable bonds is 8. The predicted octanol–water partition coefficient (Wildman–Crippen LogP) is 0.773. The van der Waals surface area contributed by atoms with Crippen LogP contribution in [-0.4, -0.2) is 81.5 Å². The fraction of sp³-hybridized carbons (Fsp3) is 0.704. The molecule has 0 spiro atoms. The molecule has 0 aliphatic carbocycles. The first-order valence-electron chi connectivity index (χ1n) is 13.8. The lowest BCUT2D eigenvalue weighted by molar-refractivity contribution is -0.149. The standard InChI is InChI=1S/C27H41N7O4/c1-5-7-15-33-22-23(29-26(33)32-14-8-12-28-13-19-32)30(4)27(37)34(24(22)35)18-9-20(3)31-16-10-21(11-17-31)25(36)38-6-2/h20-21,28H,6,8-19H2,1-4H3. The third-order valence-corrected chi connectivity index (χ3v) is 7.79. The van der Waals surface area contributed by atoms with Gasteiger partial charge in [-0.25, -0.2) is 4.79 Å². The molecule has 0 saturated carbocycles. The third-order valence-electron chi connectivity index (χ3n) is 7.79. The molecule has 2 aliphatic rings. The van der Waals surface area contributed by atoms with Crippen LogP contribution in [0.15, 0.2) is 9.59 Å². The zero-order chi connectivity index (χ0) is 27.2. The molecule has 0 amide bonds. The van der Waals surface area contributed by atoms with Gasteiger partial charge in [0.05, 0.1) is 19.1 Å².